The highest BCUT2D eigenvalue weighted by atomic mass is 35.5. The maximum Gasteiger partial charge on any atom is 0.337 e. The third-order valence-electron chi connectivity index (χ3n) is 3.26. The molecule has 0 radical (unpaired) electrons. The van der Waals surface area contributed by atoms with Gasteiger partial charge in [-0.3, -0.25) is 9.48 Å². The number of hydrogen-bond acceptors (Lipinski definition) is 4. The number of nitrogens with one attached hydrogen (secondary N) is 1. The van der Waals surface area contributed by atoms with Crippen molar-refractivity contribution in [1.29, 1.82) is 0 Å². The fraction of sp³-hybridized carbons (Fsp3) is 0.267. The summed E-state index contributed by atoms with van der Waals surface area (Å²) in [6, 6.07) is 6.95. The number of carbonyl (C=O) groups excluding carboxylic acids is 1. The monoisotopic (exact) mass is 337 g/mol. The summed E-state index contributed by atoms with van der Waals surface area (Å²) in [6.45, 7) is 0.672. The van der Waals surface area contributed by atoms with Crippen LogP contribution in [-0.4, -0.2) is 44.0 Å². The van der Waals surface area contributed by atoms with Crippen molar-refractivity contribution >= 4 is 23.5 Å². The van der Waals surface area contributed by atoms with Gasteiger partial charge in [-0.05, 0) is 13.0 Å². The van der Waals surface area contributed by atoms with E-state index in [-0.39, 0.29) is 5.56 Å². The first kappa shape index (κ1) is 17.0. The highest BCUT2D eigenvalue weighted by Crippen LogP contribution is 2.28. The average molecular weight is 338 g/mol. The van der Waals surface area contributed by atoms with Crippen LogP contribution in [0, 0.1) is 0 Å². The first-order valence-corrected chi connectivity index (χ1v) is 7.12. The first-order chi connectivity index (χ1) is 10.7. The molecule has 1 atom stereocenters. The van der Waals surface area contributed by atoms with Crippen molar-refractivity contribution in [2.24, 2.45) is 7.05 Å². The second-order valence-electron chi connectivity index (χ2n) is 5.31. The van der Waals surface area contributed by atoms with Gasteiger partial charge in [0.25, 0.3) is 5.91 Å². The number of aliphatic hydroxyl groups is 1. The van der Waals surface area contributed by atoms with Crippen LogP contribution in [0.4, 0.5) is 0 Å². The number of aliphatic carboxylic acids is 1. The fourth-order valence-electron chi connectivity index (χ4n) is 1.93. The Kier molecular flexibility index (Phi) is 4.72. The summed E-state index contributed by atoms with van der Waals surface area (Å²) in [4.78, 5) is 23.2. The summed E-state index contributed by atoms with van der Waals surface area (Å²) < 4.78 is 1.46. The average Bonchev–Trinajstić information content (AvgIpc) is 2.87. The molecule has 7 nitrogen and oxygen atoms in total. The van der Waals surface area contributed by atoms with E-state index in [1.54, 1.807) is 31.3 Å². The molecule has 0 saturated carbocycles. The molecule has 3 N–H and O–H groups in total. The number of aryl methyl sites for hydroxylation is 1. The van der Waals surface area contributed by atoms with Gasteiger partial charge in [-0.15, -0.1) is 0 Å². The predicted molar refractivity (Wildman–Crippen MR) is 84.2 cm³/mol. The van der Waals surface area contributed by atoms with E-state index in [1.165, 1.54) is 10.9 Å². The molecular formula is C15H16ClN3O4. The number of nitrogens with zero attached hydrogens (tertiary/aromatic N) is 2. The number of benzene rings is 1. The number of halogens is 1. The van der Waals surface area contributed by atoms with E-state index in [0.29, 0.717) is 16.3 Å². The van der Waals surface area contributed by atoms with Gasteiger partial charge in [-0.25, -0.2) is 4.79 Å². The minimum atomic E-state index is -2.05. The van der Waals surface area contributed by atoms with Gasteiger partial charge in [0.05, 0.1) is 17.1 Å². The number of carboxylic acid groups (broad SMARTS) is 1. The molecule has 8 heteroatoms. The van der Waals surface area contributed by atoms with Gasteiger partial charge < -0.3 is 15.5 Å². The lowest BCUT2D eigenvalue weighted by Crippen LogP contribution is -2.46. The minimum Gasteiger partial charge on any atom is -0.479 e. The Bertz CT molecular complexity index is 755. The lowest BCUT2D eigenvalue weighted by atomic mass is 10.1. The molecule has 0 aliphatic rings. The van der Waals surface area contributed by atoms with Gasteiger partial charge in [-0.1, -0.05) is 29.8 Å². The molecule has 1 aromatic carbocycles. The molecule has 0 fully saturated rings. The van der Waals surface area contributed by atoms with Crippen LogP contribution in [0.15, 0.2) is 30.5 Å². The van der Waals surface area contributed by atoms with E-state index in [1.807, 2.05) is 0 Å². The SMILES string of the molecule is Cn1cc(C(=O)NCC(C)(O)C(=O)O)c(-c2ccccc2Cl)n1. The molecule has 0 spiro atoms. The van der Waals surface area contributed by atoms with Crippen LogP contribution in [0.5, 0.6) is 0 Å². The number of carbonyl (C=O) groups is 2. The summed E-state index contributed by atoms with van der Waals surface area (Å²) in [5, 5.41) is 25.6. The Morgan fingerprint density at radius 3 is 2.65 bits per heavy atom. The number of amides is 1. The van der Waals surface area contributed by atoms with Crippen LogP contribution < -0.4 is 5.32 Å². The zero-order valence-electron chi connectivity index (χ0n) is 12.6. The molecule has 0 aliphatic heterocycles. The molecule has 0 saturated heterocycles. The second kappa shape index (κ2) is 6.39. The Morgan fingerprint density at radius 1 is 1.39 bits per heavy atom. The van der Waals surface area contributed by atoms with Crippen molar-refractivity contribution < 1.29 is 19.8 Å². The van der Waals surface area contributed by atoms with Crippen molar-refractivity contribution in [3.63, 3.8) is 0 Å². The summed E-state index contributed by atoms with van der Waals surface area (Å²) in [6.07, 6.45) is 1.50. The van der Waals surface area contributed by atoms with E-state index in [4.69, 9.17) is 16.7 Å². The maximum atomic E-state index is 12.3. The number of carboxylic acids is 1. The van der Waals surface area contributed by atoms with Crippen LogP contribution in [-0.2, 0) is 11.8 Å². The van der Waals surface area contributed by atoms with Crippen molar-refractivity contribution in [2.45, 2.75) is 12.5 Å². The smallest absolute Gasteiger partial charge is 0.337 e. The van der Waals surface area contributed by atoms with E-state index < -0.39 is 24.0 Å². The Labute approximate surface area is 137 Å². The van der Waals surface area contributed by atoms with Crippen LogP contribution in [0.2, 0.25) is 5.02 Å². The highest BCUT2D eigenvalue weighted by molar-refractivity contribution is 6.33. The topological polar surface area (TPSA) is 104 Å². The molecule has 1 heterocycles. The van der Waals surface area contributed by atoms with E-state index >= 15 is 0 Å². The molecule has 23 heavy (non-hydrogen) atoms. The predicted octanol–water partition coefficient (Wildman–Crippen LogP) is 1.31. The largest absolute Gasteiger partial charge is 0.479 e. The summed E-state index contributed by atoms with van der Waals surface area (Å²) in [5.74, 6) is -1.97. The normalized spacial score (nSPS) is 13.4. The molecular weight excluding hydrogens is 322 g/mol. The molecule has 1 amide bonds. The third kappa shape index (κ3) is 3.69. The van der Waals surface area contributed by atoms with Crippen LogP contribution in [0.1, 0.15) is 17.3 Å². The van der Waals surface area contributed by atoms with E-state index in [0.717, 1.165) is 6.92 Å². The van der Waals surface area contributed by atoms with Crippen LogP contribution in [0.3, 0.4) is 0 Å². The Morgan fingerprint density at radius 2 is 2.04 bits per heavy atom. The van der Waals surface area contributed by atoms with Crippen molar-refractivity contribution in [3.8, 4) is 11.3 Å². The molecule has 2 aromatic rings. The molecule has 0 aliphatic carbocycles. The van der Waals surface area contributed by atoms with Gasteiger partial charge in [-0.2, -0.15) is 5.10 Å². The molecule has 1 unspecified atom stereocenters. The summed E-state index contributed by atoms with van der Waals surface area (Å²) >= 11 is 6.14. The Hall–Kier alpha value is -2.38. The zero-order valence-corrected chi connectivity index (χ0v) is 13.3. The maximum absolute atomic E-state index is 12.3. The minimum absolute atomic E-state index is 0.238. The van der Waals surface area contributed by atoms with Gasteiger partial charge in [0.1, 0.15) is 5.69 Å². The van der Waals surface area contributed by atoms with Crippen LogP contribution in [0.25, 0.3) is 11.3 Å². The fourth-order valence-corrected chi connectivity index (χ4v) is 2.16. The number of hydrogen-bond donors (Lipinski definition) is 3. The zero-order chi connectivity index (χ0) is 17.2. The van der Waals surface area contributed by atoms with Crippen molar-refractivity contribution in [1.82, 2.24) is 15.1 Å². The first-order valence-electron chi connectivity index (χ1n) is 6.75. The second-order valence-corrected chi connectivity index (χ2v) is 5.71. The van der Waals surface area contributed by atoms with Gasteiger partial charge >= 0.3 is 5.97 Å². The molecule has 122 valence electrons. The quantitative estimate of drug-likeness (QED) is 0.763. The molecule has 0 bridgehead atoms. The highest BCUT2D eigenvalue weighted by Gasteiger charge is 2.31. The standard InChI is InChI=1S/C15H16ClN3O4/c1-15(23,14(21)22)8-17-13(20)10-7-19(2)18-12(10)9-5-3-4-6-11(9)16/h3-7,23H,8H2,1-2H3,(H,17,20)(H,21,22). The van der Waals surface area contributed by atoms with Crippen LogP contribution >= 0.6 is 11.6 Å². The van der Waals surface area contributed by atoms with E-state index in [9.17, 15) is 14.7 Å². The van der Waals surface area contributed by atoms with E-state index in [2.05, 4.69) is 10.4 Å². The lowest BCUT2D eigenvalue weighted by molar-refractivity contribution is -0.155. The van der Waals surface area contributed by atoms with Crippen molar-refractivity contribution in [3.05, 3.63) is 41.0 Å². The summed E-state index contributed by atoms with van der Waals surface area (Å²) in [5.41, 5.74) is -0.847. The van der Waals surface area contributed by atoms with Gasteiger partial charge in [0.15, 0.2) is 5.60 Å². The van der Waals surface area contributed by atoms with Crippen molar-refractivity contribution in [2.75, 3.05) is 6.54 Å². The third-order valence-corrected chi connectivity index (χ3v) is 3.59. The Balaban J connectivity index is 2.29. The van der Waals surface area contributed by atoms with Gasteiger partial charge in [0.2, 0.25) is 0 Å². The lowest BCUT2D eigenvalue weighted by Gasteiger charge is -2.18. The number of rotatable bonds is 5. The van der Waals surface area contributed by atoms with Gasteiger partial charge in [0, 0.05) is 18.8 Å². The molecule has 2 rings (SSSR count). The summed E-state index contributed by atoms with van der Waals surface area (Å²) in [7, 11) is 1.66. The number of aromatic nitrogens is 2. The molecule has 1 aromatic heterocycles.